The molecule has 0 aliphatic rings. The second kappa shape index (κ2) is 6.19. The Morgan fingerprint density at radius 3 is 2.40 bits per heavy atom. The van der Waals surface area contributed by atoms with Crippen LogP contribution in [0.5, 0.6) is 5.75 Å². The number of rotatable bonds is 4. The molecule has 100 valence electrons. The zero-order chi connectivity index (χ0) is 14.5. The van der Waals surface area contributed by atoms with E-state index in [-0.39, 0.29) is 12.2 Å². The largest absolute Gasteiger partial charge is 0.489 e. The van der Waals surface area contributed by atoms with Crippen LogP contribution in [0.3, 0.4) is 0 Å². The van der Waals surface area contributed by atoms with Crippen molar-refractivity contribution in [2.75, 3.05) is 0 Å². The first-order valence-corrected chi connectivity index (χ1v) is 5.87. The van der Waals surface area contributed by atoms with Gasteiger partial charge < -0.3 is 14.8 Å². The maximum Gasteiger partial charge on any atom is 0.488 e. The fraction of sp³-hybridized carbons (Fsp3) is 0.0714. The van der Waals surface area contributed by atoms with Crippen molar-refractivity contribution < 1.29 is 19.2 Å². The normalized spacial score (nSPS) is 9.90. The zero-order valence-electron chi connectivity index (χ0n) is 10.5. The summed E-state index contributed by atoms with van der Waals surface area (Å²) in [5.74, 6) is -0.00962. The number of nitrogens with zero attached hydrogens (tertiary/aromatic N) is 1. The van der Waals surface area contributed by atoms with E-state index in [0.29, 0.717) is 16.8 Å². The van der Waals surface area contributed by atoms with Crippen LogP contribution >= 0.6 is 0 Å². The summed E-state index contributed by atoms with van der Waals surface area (Å²) in [7, 11) is -1.53. The van der Waals surface area contributed by atoms with Gasteiger partial charge in [-0.15, -0.1) is 0 Å². The van der Waals surface area contributed by atoms with E-state index in [1.54, 1.807) is 12.1 Å². The standard InChI is InChI=1S/C14H11BFNO3/c16-14-7-10(8-17)1-2-11(14)9-20-13-5-3-12(4-6-13)15(18)19/h1-7,18-19H,9H2. The lowest BCUT2D eigenvalue weighted by molar-refractivity contribution is 0.300. The molecule has 4 nitrogen and oxygen atoms in total. The van der Waals surface area contributed by atoms with Crippen LogP contribution in [0.4, 0.5) is 4.39 Å². The van der Waals surface area contributed by atoms with Gasteiger partial charge in [0.15, 0.2) is 0 Å². The lowest BCUT2D eigenvalue weighted by Gasteiger charge is -2.08. The van der Waals surface area contributed by atoms with Crippen molar-refractivity contribution in [2.24, 2.45) is 0 Å². The minimum atomic E-state index is -1.53. The van der Waals surface area contributed by atoms with Gasteiger partial charge in [0.2, 0.25) is 0 Å². The smallest absolute Gasteiger partial charge is 0.488 e. The molecular formula is C14H11BFNO3. The molecule has 2 aromatic rings. The van der Waals surface area contributed by atoms with E-state index in [1.165, 1.54) is 24.3 Å². The van der Waals surface area contributed by atoms with Gasteiger partial charge in [0.25, 0.3) is 0 Å². The van der Waals surface area contributed by atoms with Gasteiger partial charge in [0, 0.05) is 5.56 Å². The molecule has 0 bridgehead atoms. The molecule has 0 aliphatic heterocycles. The Kier molecular flexibility index (Phi) is 4.36. The van der Waals surface area contributed by atoms with Gasteiger partial charge in [0.1, 0.15) is 18.2 Å². The molecule has 0 atom stereocenters. The number of nitriles is 1. The molecule has 6 heteroatoms. The molecule has 2 N–H and O–H groups in total. The van der Waals surface area contributed by atoms with E-state index in [4.69, 9.17) is 20.0 Å². The quantitative estimate of drug-likeness (QED) is 0.812. The van der Waals surface area contributed by atoms with Gasteiger partial charge >= 0.3 is 7.12 Å². The molecule has 2 aromatic carbocycles. The van der Waals surface area contributed by atoms with Crippen LogP contribution in [0.2, 0.25) is 0 Å². The molecule has 0 unspecified atom stereocenters. The molecular weight excluding hydrogens is 260 g/mol. The third kappa shape index (κ3) is 3.35. The van der Waals surface area contributed by atoms with Crippen LogP contribution in [-0.2, 0) is 6.61 Å². The molecule has 20 heavy (non-hydrogen) atoms. The third-order valence-corrected chi connectivity index (χ3v) is 2.75. The first-order valence-electron chi connectivity index (χ1n) is 5.87. The monoisotopic (exact) mass is 271 g/mol. The molecule has 2 rings (SSSR count). The van der Waals surface area contributed by atoms with Gasteiger partial charge in [0.05, 0.1) is 11.6 Å². The minimum Gasteiger partial charge on any atom is -0.489 e. The summed E-state index contributed by atoms with van der Waals surface area (Å²) >= 11 is 0. The summed E-state index contributed by atoms with van der Waals surface area (Å²) in [5, 5.41) is 26.5. The third-order valence-electron chi connectivity index (χ3n) is 2.75. The van der Waals surface area contributed by atoms with Crippen molar-refractivity contribution in [3.8, 4) is 11.8 Å². The Morgan fingerprint density at radius 1 is 1.15 bits per heavy atom. The molecule has 0 radical (unpaired) electrons. The van der Waals surface area contributed by atoms with Gasteiger partial charge in [-0.3, -0.25) is 0 Å². The van der Waals surface area contributed by atoms with Crippen molar-refractivity contribution in [1.29, 1.82) is 5.26 Å². The number of halogens is 1. The van der Waals surface area contributed by atoms with E-state index >= 15 is 0 Å². The van der Waals surface area contributed by atoms with Gasteiger partial charge in [-0.25, -0.2) is 4.39 Å². The van der Waals surface area contributed by atoms with E-state index in [1.807, 2.05) is 6.07 Å². The summed E-state index contributed by atoms with van der Waals surface area (Å²) in [6, 6.07) is 12.2. The van der Waals surface area contributed by atoms with Gasteiger partial charge in [-0.1, -0.05) is 18.2 Å². The van der Waals surface area contributed by atoms with Crippen LogP contribution in [0.15, 0.2) is 42.5 Å². The molecule has 0 amide bonds. The molecule has 0 fully saturated rings. The predicted molar refractivity (Wildman–Crippen MR) is 71.7 cm³/mol. The summed E-state index contributed by atoms with van der Waals surface area (Å²) in [6.07, 6.45) is 0. The van der Waals surface area contributed by atoms with Gasteiger partial charge in [-0.2, -0.15) is 5.26 Å². The number of hydrogen-bond donors (Lipinski definition) is 2. The average Bonchev–Trinajstić information content (AvgIpc) is 2.46. The van der Waals surface area contributed by atoms with E-state index in [9.17, 15) is 4.39 Å². The number of hydrogen-bond acceptors (Lipinski definition) is 4. The highest BCUT2D eigenvalue weighted by Gasteiger charge is 2.10. The van der Waals surface area contributed by atoms with Crippen LogP contribution in [0.1, 0.15) is 11.1 Å². The van der Waals surface area contributed by atoms with Crippen molar-refractivity contribution in [3.63, 3.8) is 0 Å². The number of benzene rings is 2. The predicted octanol–water partition coefficient (Wildman–Crippen LogP) is 0.956. The summed E-state index contributed by atoms with van der Waals surface area (Å²) < 4.78 is 19.0. The van der Waals surface area contributed by atoms with Crippen LogP contribution < -0.4 is 10.2 Å². The fourth-order valence-corrected chi connectivity index (χ4v) is 1.63. The highest BCUT2D eigenvalue weighted by atomic mass is 19.1. The van der Waals surface area contributed by atoms with E-state index in [2.05, 4.69) is 0 Å². The minimum absolute atomic E-state index is 0.0264. The Bertz CT molecular complexity index is 638. The molecule has 0 spiro atoms. The van der Waals surface area contributed by atoms with Crippen LogP contribution in [0, 0.1) is 17.1 Å². The average molecular weight is 271 g/mol. The maximum atomic E-state index is 13.6. The van der Waals surface area contributed by atoms with E-state index < -0.39 is 12.9 Å². The summed E-state index contributed by atoms with van der Waals surface area (Å²) in [4.78, 5) is 0. The molecule has 0 saturated heterocycles. The van der Waals surface area contributed by atoms with Crippen LogP contribution in [0.25, 0.3) is 0 Å². The summed E-state index contributed by atoms with van der Waals surface area (Å²) in [6.45, 7) is 0.0264. The Labute approximate surface area is 115 Å². The highest BCUT2D eigenvalue weighted by molar-refractivity contribution is 6.58. The molecule has 0 aromatic heterocycles. The lowest BCUT2D eigenvalue weighted by Crippen LogP contribution is -2.29. The Hall–Kier alpha value is -2.36. The Balaban J connectivity index is 2.03. The molecule has 0 saturated carbocycles. The van der Waals surface area contributed by atoms with Crippen molar-refractivity contribution in [1.82, 2.24) is 0 Å². The molecule has 0 aliphatic carbocycles. The highest BCUT2D eigenvalue weighted by Crippen LogP contribution is 2.14. The zero-order valence-corrected chi connectivity index (χ0v) is 10.5. The first kappa shape index (κ1) is 14.1. The maximum absolute atomic E-state index is 13.6. The molecule has 0 heterocycles. The second-order valence-corrected chi connectivity index (χ2v) is 4.15. The number of ether oxygens (including phenoxy) is 1. The lowest BCUT2D eigenvalue weighted by atomic mass is 9.80. The first-order chi connectivity index (χ1) is 9.60. The van der Waals surface area contributed by atoms with E-state index in [0.717, 1.165) is 6.07 Å². The fourth-order valence-electron chi connectivity index (χ4n) is 1.63. The second-order valence-electron chi connectivity index (χ2n) is 4.15. The van der Waals surface area contributed by atoms with Crippen LogP contribution in [-0.4, -0.2) is 17.2 Å². The SMILES string of the molecule is N#Cc1ccc(COc2ccc(B(O)O)cc2)c(F)c1. The van der Waals surface area contributed by atoms with Crippen molar-refractivity contribution in [2.45, 2.75) is 6.61 Å². The van der Waals surface area contributed by atoms with Gasteiger partial charge in [-0.05, 0) is 29.7 Å². The summed E-state index contributed by atoms with van der Waals surface area (Å²) in [5.41, 5.74) is 0.949. The van der Waals surface area contributed by atoms with Crippen molar-refractivity contribution >= 4 is 12.6 Å². The topological polar surface area (TPSA) is 73.5 Å². The van der Waals surface area contributed by atoms with Crippen molar-refractivity contribution in [3.05, 3.63) is 59.4 Å². The Morgan fingerprint density at radius 2 is 1.85 bits per heavy atom.